The number of benzene rings is 1. The monoisotopic (exact) mass is 427 g/mol. The fourth-order valence-corrected chi connectivity index (χ4v) is 3.22. The van der Waals surface area contributed by atoms with Gasteiger partial charge in [0.25, 0.3) is 0 Å². The number of rotatable bonds is 7. The van der Waals surface area contributed by atoms with Gasteiger partial charge in [-0.25, -0.2) is 19.3 Å². The fraction of sp³-hybridized carbons (Fsp3) is 0.409. The summed E-state index contributed by atoms with van der Waals surface area (Å²) in [6.45, 7) is 5.38. The molecule has 0 radical (unpaired) electrons. The number of imidazole rings is 1. The highest BCUT2D eigenvalue weighted by atomic mass is 19.1. The molecule has 2 aromatic heterocycles. The van der Waals surface area contributed by atoms with E-state index in [1.165, 1.54) is 12.1 Å². The normalized spacial score (nSPS) is 21.2. The Morgan fingerprint density at radius 3 is 2.61 bits per heavy atom. The van der Waals surface area contributed by atoms with Crippen LogP contribution in [0.4, 0.5) is 10.3 Å². The highest BCUT2D eigenvalue weighted by molar-refractivity contribution is 5.77. The Bertz CT molecular complexity index is 1020. The van der Waals surface area contributed by atoms with Crippen molar-refractivity contribution in [3.8, 4) is 22.6 Å². The third kappa shape index (κ3) is 4.73. The summed E-state index contributed by atoms with van der Waals surface area (Å²) in [5.41, 5.74) is 2.20. The van der Waals surface area contributed by atoms with Crippen LogP contribution in [0.1, 0.15) is 32.4 Å². The molecule has 0 bridgehead atoms. The van der Waals surface area contributed by atoms with Gasteiger partial charge in [-0.2, -0.15) is 0 Å². The Morgan fingerprint density at radius 1 is 1.19 bits per heavy atom. The molecule has 3 N–H and O–H groups in total. The van der Waals surface area contributed by atoms with Gasteiger partial charge in [0.15, 0.2) is 5.82 Å². The second-order valence-corrected chi connectivity index (χ2v) is 7.97. The first-order chi connectivity index (χ1) is 15.0. The lowest BCUT2D eigenvalue weighted by Gasteiger charge is -2.35. The largest absolute Gasteiger partial charge is 0.396 e. The molecule has 3 aromatic rings. The van der Waals surface area contributed by atoms with Crippen LogP contribution in [0, 0.1) is 11.2 Å². The number of aromatic amines is 1. The van der Waals surface area contributed by atoms with E-state index in [0.29, 0.717) is 42.1 Å². The summed E-state index contributed by atoms with van der Waals surface area (Å²) >= 11 is 0. The highest BCUT2D eigenvalue weighted by Gasteiger charge is 2.34. The van der Waals surface area contributed by atoms with Crippen LogP contribution in [-0.2, 0) is 9.47 Å². The van der Waals surface area contributed by atoms with E-state index in [1.54, 1.807) is 24.4 Å². The fourth-order valence-electron chi connectivity index (χ4n) is 3.22. The molecule has 0 saturated carbocycles. The molecule has 0 unspecified atom stereocenters. The minimum atomic E-state index is -0.702. The number of ether oxygens (including phenoxy) is 2. The van der Waals surface area contributed by atoms with Gasteiger partial charge in [-0.3, -0.25) is 0 Å². The van der Waals surface area contributed by atoms with Crippen LogP contribution >= 0.6 is 0 Å². The topological polar surface area (TPSA) is 105 Å². The molecule has 4 rings (SSSR count). The quantitative estimate of drug-likeness (QED) is 0.530. The predicted octanol–water partition coefficient (Wildman–Crippen LogP) is 3.54. The number of aliphatic hydroxyl groups excluding tert-OH is 1. The third-order valence-corrected chi connectivity index (χ3v) is 5.06. The van der Waals surface area contributed by atoms with Crippen molar-refractivity contribution in [2.45, 2.75) is 26.6 Å². The zero-order valence-corrected chi connectivity index (χ0v) is 17.6. The maximum absolute atomic E-state index is 13.5. The van der Waals surface area contributed by atoms with E-state index in [4.69, 9.17) is 14.5 Å². The molecule has 0 aliphatic carbocycles. The molecule has 1 aliphatic heterocycles. The highest BCUT2D eigenvalue weighted by Crippen LogP contribution is 2.35. The van der Waals surface area contributed by atoms with Gasteiger partial charge in [0.1, 0.15) is 5.82 Å². The van der Waals surface area contributed by atoms with Gasteiger partial charge in [0.05, 0.1) is 36.9 Å². The van der Waals surface area contributed by atoms with Crippen molar-refractivity contribution < 1.29 is 19.0 Å². The van der Waals surface area contributed by atoms with Gasteiger partial charge < -0.3 is 24.9 Å². The average Bonchev–Trinajstić information content (AvgIpc) is 3.24. The lowest BCUT2D eigenvalue weighted by atomic mass is 9.94. The predicted molar refractivity (Wildman–Crippen MR) is 114 cm³/mol. The summed E-state index contributed by atoms with van der Waals surface area (Å²) in [4.78, 5) is 16.8. The average molecular weight is 427 g/mol. The molecular formula is C22H26FN5O3. The first-order valence-corrected chi connectivity index (χ1v) is 10.3. The van der Waals surface area contributed by atoms with Crippen molar-refractivity contribution >= 4 is 5.95 Å². The molecule has 8 nitrogen and oxygen atoms in total. The van der Waals surface area contributed by atoms with E-state index in [1.807, 2.05) is 6.92 Å². The van der Waals surface area contributed by atoms with Crippen LogP contribution in [-0.4, -0.2) is 51.4 Å². The number of hydrogen-bond donors (Lipinski definition) is 3. The van der Waals surface area contributed by atoms with Crippen molar-refractivity contribution in [3.05, 3.63) is 48.2 Å². The van der Waals surface area contributed by atoms with Crippen molar-refractivity contribution in [2.24, 2.45) is 5.41 Å². The molecular weight excluding hydrogens is 401 g/mol. The number of H-pyrrole nitrogens is 1. The zero-order chi connectivity index (χ0) is 21.8. The van der Waals surface area contributed by atoms with Crippen LogP contribution < -0.4 is 5.32 Å². The molecule has 1 aliphatic rings. The maximum atomic E-state index is 13.5. The van der Waals surface area contributed by atoms with Crippen LogP contribution in [0.5, 0.6) is 0 Å². The maximum Gasteiger partial charge on any atom is 0.223 e. The Kier molecular flexibility index (Phi) is 6.26. The summed E-state index contributed by atoms with van der Waals surface area (Å²) in [5, 5.41) is 12.7. The Labute approximate surface area is 179 Å². The number of halogens is 1. The van der Waals surface area contributed by atoms with Crippen LogP contribution in [0.2, 0.25) is 0 Å². The number of aliphatic hydroxyl groups is 1. The molecule has 31 heavy (non-hydrogen) atoms. The summed E-state index contributed by atoms with van der Waals surface area (Å²) in [6.07, 6.45) is 1.92. The van der Waals surface area contributed by atoms with E-state index in [0.717, 1.165) is 18.5 Å². The van der Waals surface area contributed by atoms with E-state index < -0.39 is 11.7 Å². The van der Waals surface area contributed by atoms with Gasteiger partial charge in [0.2, 0.25) is 12.2 Å². The minimum Gasteiger partial charge on any atom is -0.396 e. The summed E-state index contributed by atoms with van der Waals surface area (Å²) in [5.74, 6) is 0.678. The minimum absolute atomic E-state index is 0.0293. The SMILES string of the molecule is CCCNc1nccc(-c2[nH]c(C3OCC(C)(CO)CO3)nc2-c2ccc(F)cc2)n1. The van der Waals surface area contributed by atoms with Gasteiger partial charge in [-0.05, 0) is 36.8 Å². The van der Waals surface area contributed by atoms with Crippen molar-refractivity contribution in [2.75, 3.05) is 31.7 Å². The molecule has 1 fully saturated rings. The molecule has 9 heteroatoms. The second-order valence-electron chi connectivity index (χ2n) is 7.97. The molecule has 0 spiro atoms. The standard InChI is InChI=1S/C22H26FN5O3/c1-3-9-24-21-25-10-8-16(26-21)18-17(14-4-6-15(23)7-5-14)27-19(28-18)20-30-12-22(2,11-29)13-31-20/h4-8,10,20,29H,3,9,11-13H2,1-2H3,(H,27,28)(H,24,25,26). The Hall–Kier alpha value is -2.88. The van der Waals surface area contributed by atoms with Gasteiger partial charge in [-0.15, -0.1) is 0 Å². The van der Waals surface area contributed by atoms with E-state index in [2.05, 4.69) is 27.2 Å². The number of aromatic nitrogens is 4. The zero-order valence-electron chi connectivity index (χ0n) is 17.6. The lowest BCUT2D eigenvalue weighted by molar-refractivity contribution is -0.239. The smallest absolute Gasteiger partial charge is 0.223 e. The van der Waals surface area contributed by atoms with E-state index in [-0.39, 0.29) is 12.4 Å². The Balaban J connectivity index is 1.71. The van der Waals surface area contributed by atoms with Crippen molar-refractivity contribution in [3.63, 3.8) is 0 Å². The van der Waals surface area contributed by atoms with Gasteiger partial charge in [-0.1, -0.05) is 13.8 Å². The number of hydrogen-bond acceptors (Lipinski definition) is 7. The van der Waals surface area contributed by atoms with Crippen molar-refractivity contribution in [1.82, 2.24) is 19.9 Å². The second kappa shape index (κ2) is 9.09. The molecule has 3 heterocycles. The van der Waals surface area contributed by atoms with Crippen LogP contribution in [0.25, 0.3) is 22.6 Å². The van der Waals surface area contributed by atoms with E-state index in [9.17, 15) is 9.50 Å². The molecule has 1 aromatic carbocycles. The first kappa shape index (κ1) is 21.4. The molecule has 164 valence electrons. The molecule has 0 atom stereocenters. The van der Waals surface area contributed by atoms with Crippen LogP contribution in [0.15, 0.2) is 36.5 Å². The third-order valence-electron chi connectivity index (χ3n) is 5.06. The Morgan fingerprint density at radius 2 is 1.94 bits per heavy atom. The summed E-state index contributed by atoms with van der Waals surface area (Å²) in [7, 11) is 0. The summed E-state index contributed by atoms with van der Waals surface area (Å²) < 4.78 is 25.1. The number of anilines is 1. The molecule has 1 saturated heterocycles. The summed E-state index contributed by atoms with van der Waals surface area (Å²) in [6, 6.07) is 7.90. The van der Waals surface area contributed by atoms with Gasteiger partial charge >= 0.3 is 0 Å². The first-order valence-electron chi connectivity index (χ1n) is 10.3. The van der Waals surface area contributed by atoms with Gasteiger partial charge in [0, 0.05) is 23.7 Å². The number of nitrogens with zero attached hydrogens (tertiary/aromatic N) is 3. The molecule has 0 amide bonds. The van der Waals surface area contributed by atoms with E-state index >= 15 is 0 Å². The van der Waals surface area contributed by atoms with Crippen LogP contribution in [0.3, 0.4) is 0 Å². The number of nitrogens with one attached hydrogen (secondary N) is 2. The lowest BCUT2D eigenvalue weighted by Crippen LogP contribution is -2.39. The van der Waals surface area contributed by atoms with Crippen molar-refractivity contribution in [1.29, 1.82) is 0 Å².